The molecule has 0 amide bonds. The van der Waals surface area contributed by atoms with Gasteiger partial charge in [-0.15, -0.1) is 0 Å². The van der Waals surface area contributed by atoms with Crippen LogP contribution in [0, 0.1) is 63.1 Å². The standard InChI is InChI=1S/C36H50O9/c1-19(17-44-29(41)11-10-28(39)40)20(2)31(42)32(43)22(4)30-26(45-23(5)37)16-34(7)27-9-8-24-21(3)25(38)12-13-35(24)18-36(27,35)15-14-33(30,34)6/h12-13,19-22,24,26-27,30H,8-11,14-18H2,1-7H3,(H,39,40)/t19-,20?,21-,22-,24?,26-,27?,30-,33+,34-,35+,36-/m0/s1. The normalized spacial score (nSPS) is 41.3. The Morgan fingerprint density at radius 1 is 1.00 bits per heavy atom. The lowest BCUT2D eigenvalue weighted by Crippen LogP contribution is -2.55. The first-order valence-corrected chi connectivity index (χ1v) is 16.8. The van der Waals surface area contributed by atoms with E-state index in [1.54, 1.807) is 20.8 Å². The third kappa shape index (κ3) is 5.02. The van der Waals surface area contributed by atoms with Crippen molar-refractivity contribution >= 4 is 35.3 Å². The molecule has 0 radical (unpaired) electrons. The average molecular weight is 627 g/mol. The SMILES string of the molecule is CC(=O)O[C@H]1C[C@@]2(C)C3CCC4[C@H](C)C(=O)C=C[C@@]45C[C@@]35CC[C@]2(C)[C@H]1[C@H](C)C(=O)C(=O)C(C)[C@@H](C)COC(=O)CCC(=O)O. The van der Waals surface area contributed by atoms with E-state index in [1.165, 1.54) is 6.92 Å². The molecular formula is C36H50O9. The van der Waals surface area contributed by atoms with Gasteiger partial charge in [0.05, 0.1) is 19.4 Å². The molecule has 5 rings (SSSR count). The summed E-state index contributed by atoms with van der Waals surface area (Å²) in [6.45, 7) is 13.2. The Bertz CT molecular complexity index is 1330. The molecule has 9 nitrogen and oxygen atoms in total. The van der Waals surface area contributed by atoms with Crippen molar-refractivity contribution in [2.45, 2.75) is 106 Å². The van der Waals surface area contributed by atoms with Crippen molar-refractivity contribution in [3.05, 3.63) is 12.2 Å². The van der Waals surface area contributed by atoms with Crippen molar-refractivity contribution in [2.75, 3.05) is 6.61 Å². The van der Waals surface area contributed by atoms with Crippen molar-refractivity contribution in [1.82, 2.24) is 0 Å². The smallest absolute Gasteiger partial charge is 0.306 e. The minimum absolute atomic E-state index is 0.0304. The summed E-state index contributed by atoms with van der Waals surface area (Å²) in [7, 11) is 0. The molecule has 0 heterocycles. The van der Waals surface area contributed by atoms with Gasteiger partial charge < -0.3 is 14.6 Å². The minimum atomic E-state index is -1.10. The molecule has 4 saturated carbocycles. The van der Waals surface area contributed by atoms with E-state index in [0.717, 1.165) is 32.1 Å². The Labute approximate surface area is 266 Å². The van der Waals surface area contributed by atoms with E-state index in [2.05, 4.69) is 26.8 Å². The van der Waals surface area contributed by atoms with Crippen molar-refractivity contribution in [3.8, 4) is 0 Å². The summed E-state index contributed by atoms with van der Waals surface area (Å²) in [4.78, 5) is 75.2. The van der Waals surface area contributed by atoms with Crippen molar-refractivity contribution in [1.29, 1.82) is 0 Å². The van der Waals surface area contributed by atoms with Crippen LogP contribution in [0.25, 0.3) is 0 Å². The van der Waals surface area contributed by atoms with E-state index in [0.29, 0.717) is 18.3 Å². The zero-order valence-corrected chi connectivity index (χ0v) is 27.9. The fourth-order valence-corrected chi connectivity index (χ4v) is 11.1. The van der Waals surface area contributed by atoms with E-state index in [1.807, 2.05) is 6.08 Å². The number of hydrogen-bond donors (Lipinski definition) is 1. The molecule has 9 heteroatoms. The van der Waals surface area contributed by atoms with Gasteiger partial charge in [0.15, 0.2) is 5.78 Å². The molecule has 0 aliphatic heterocycles. The molecule has 0 aromatic heterocycles. The molecule has 2 spiro atoms. The number of Topliss-reactive ketones (excluding diaryl/α,β-unsaturated/α-hetero) is 2. The summed E-state index contributed by atoms with van der Waals surface area (Å²) in [6, 6.07) is 0. The van der Waals surface area contributed by atoms with Crippen molar-refractivity contribution in [3.63, 3.8) is 0 Å². The van der Waals surface area contributed by atoms with Crippen LogP contribution in [-0.2, 0) is 38.2 Å². The fourth-order valence-electron chi connectivity index (χ4n) is 11.1. The van der Waals surface area contributed by atoms with Crippen molar-refractivity contribution in [2.24, 2.45) is 63.1 Å². The molecule has 0 bridgehead atoms. The Morgan fingerprint density at radius 3 is 2.33 bits per heavy atom. The number of carboxylic acid groups (broad SMARTS) is 1. The number of allylic oxidation sites excluding steroid dienone is 2. The lowest BCUT2D eigenvalue weighted by molar-refractivity contribution is -0.156. The molecule has 0 saturated heterocycles. The highest BCUT2D eigenvalue weighted by molar-refractivity contribution is 6.38. The summed E-state index contributed by atoms with van der Waals surface area (Å²) in [5.41, 5.74) is -0.407. The highest BCUT2D eigenvalue weighted by Crippen LogP contribution is 2.87. The van der Waals surface area contributed by atoms with Crippen LogP contribution < -0.4 is 0 Å². The van der Waals surface area contributed by atoms with Gasteiger partial charge in [-0.25, -0.2) is 0 Å². The third-order valence-electron chi connectivity index (χ3n) is 13.9. The van der Waals surface area contributed by atoms with E-state index in [4.69, 9.17) is 14.6 Å². The highest BCUT2D eigenvalue weighted by atomic mass is 16.5. The molecule has 0 aromatic rings. The summed E-state index contributed by atoms with van der Waals surface area (Å²) in [5, 5.41) is 8.78. The number of aliphatic carboxylic acids is 1. The van der Waals surface area contributed by atoms with E-state index < -0.39 is 53.3 Å². The molecule has 5 aliphatic carbocycles. The maximum absolute atomic E-state index is 13.9. The second kappa shape index (κ2) is 11.4. The van der Waals surface area contributed by atoms with Gasteiger partial charge in [-0.05, 0) is 78.1 Å². The molecule has 248 valence electrons. The molecule has 4 fully saturated rings. The Hall–Kier alpha value is -2.84. The quantitative estimate of drug-likeness (QED) is 0.236. The van der Waals surface area contributed by atoms with Gasteiger partial charge in [-0.1, -0.05) is 47.6 Å². The van der Waals surface area contributed by atoms with Crippen LogP contribution in [0.5, 0.6) is 0 Å². The van der Waals surface area contributed by atoms with E-state index in [-0.39, 0.29) is 58.7 Å². The molecular weight excluding hydrogens is 576 g/mol. The van der Waals surface area contributed by atoms with Gasteiger partial charge in [0.2, 0.25) is 11.6 Å². The number of hydrogen-bond acceptors (Lipinski definition) is 8. The zero-order chi connectivity index (χ0) is 33.3. The van der Waals surface area contributed by atoms with E-state index in [9.17, 15) is 28.8 Å². The molecule has 5 aliphatic rings. The lowest BCUT2D eigenvalue weighted by atomic mass is 9.43. The van der Waals surface area contributed by atoms with Gasteiger partial charge in [0.1, 0.15) is 6.10 Å². The summed E-state index contributed by atoms with van der Waals surface area (Å²) in [6.07, 6.45) is 8.53. The first-order chi connectivity index (χ1) is 21.0. The largest absolute Gasteiger partial charge is 0.481 e. The second-order valence-electron chi connectivity index (χ2n) is 15.7. The molecule has 12 atom stereocenters. The van der Waals surface area contributed by atoms with Gasteiger partial charge in [-0.3, -0.25) is 28.8 Å². The first kappa shape index (κ1) is 33.5. The lowest BCUT2D eigenvalue weighted by Gasteiger charge is -2.60. The monoisotopic (exact) mass is 626 g/mol. The molecule has 45 heavy (non-hydrogen) atoms. The van der Waals surface area contributed by atoms with Crippen LogP contribution in [-0.4, -0.2) is 53.1 Å². The zero-order valence-electron chi connectivity index (χ0n) is 27.9. The van der Waals surface area contributed by atoms with Crippen LogP contribution in [0.3, 0.4) is 0 Å². The summed E-state index contributed by atoms with van der Waals surface area (Å²) in [5.74, 6) is -4.34. The minimum Gasteiger partial charge on any atom is -0.481 e. The van der Waals surface area contributed by atoms with Gasteiger partial charge in [0, 0.05) is 36.5 Å². The van der Waals surface area contributed by atoms with Crippen LogP contribution in [0.15, 0.2) is 12.2 Å². The van der Waals surface area contributed by atoms with Gasteiger partial charge in [0.25, 0.3) is 0 Å². The molecule has 1 N–H and O–H groups in total. The number of carbonyl (C=O) groups is 6. The number of rotatable bonds is 11. The number of ketones is 3. The van der Waals surface area contributed by atoms with Crippen LogP contribution >= 0.6 is 0 Å². The van der Waals surface area contributed by atoms with E-state index >= 15 is 0 Å². The second-order valence-corrected chi connectivity index (χ2v) is 15.7. The first-order valence-electron chi connectivity index (χ1n) is 16.8. The number of fused-ring (bicyclic) bond motifs is 2. The summed E-state index contributed by atoms with van der Waals surface area (Å²) >= 11 is 0. The highest BCUT2D eigenvalue weighted by Gasteiger charge is 2.81. The topological polar surface area (TPSA) is 141 Å². The predicted octanol–water partition coefficient (Wildman–Crippen LogP) is 5.38. The van der Waals surface area contributed by atoms with Gasteiger partial charge in [-0.2, -0.15) is 0 Å². The number of ether oxygens (including phenoxy) is 2. The number of carboxylic acids is 1. The Balaban J connectivity index is 1.36. The number of carbonyl (C=O) groups excluding carboxylic acids is 5. The maximum atomic E-state index is 13.9. The van der Waals surface area contributed by atoms with Crippen molar-refractivity contribution < 1.29 is 43.3 Å². The molecule has 0 aromatic carbocycles. The summed E-state index contributed by atoms with van der Waals surface area (Å²) < 4.78 is 11.2. The third-order valence-corrected chi connectivity index (χ3v) is 13.9. The average Bonchev–Trinajstić information content (AvgIpc) is 3.59. The van der Waals surface area contributed by atoms with Crippen LogP contribution in [0.4, 0.5) is 0 Å². The maximum Gasteiger partial charge on any atom is 0.306 e. The Morgan fingerprint density at radius 2 is 1.69 bits per heavy atom. The van der Waals surface area contributed by atoms with Crippen LogP contribution in [0.1, 0.15) is 99.8 Å². The number of esters is 2. The predicted molar refractivity (Wildman–Crippen MR) is 163 cm³/mol. The molecule has 3 unspecified atom stereocenters. The van der Waals surface area contributed by atoms with Gasteiger partial charge >= 0.3 is 17.9 Å². The van der Waals surface area contributed by atoms with Crippen LogP contribution in [0.2, 0.25) is 0 Å². The fraction of sp³-hybridized carbons (Fsp3) is 0.778. The Kier molecular flexibility index (Phi) is 8.53.